The molecule has 0 saturated heterocycles. The second-order valence-electron chi connectivity index (χ2n) is 11.6. The van der Waals surface area contributed by atoms with Crippen LogP contribution in [0.1, 0.15) is 82.8 Å². The van der Waals surface area contributed by atoms with Gasteiger partial charge in [-0.25, -0.2) is 4.40 Å². The molecule has 188 valence electrons. The Bertz CT molecular complexity index is 1480. The van der Waals surface area contributed by atoms with Gasteiger partial charge < -0.3 is 4.90 Å². The van der Waals surface area contributed by atoms with Gasteiger partial charge in [0.05, 0.1) is 0 Å². The molecule has 0 N–H and O–H groups in total. The molecule has 0 spiro atoms. The van der Waals surface area contributed by atoms with Crippen molar-refractivity contribution < 1.29 is 0 Å². The van der Waals surface area contributed by atoms with Crippen molar-refractivity contribution in [3.63, 3.8) is 0 Å². The van der Waals surface area contributed by atoms with Crippen molar-refractivity contribution in [3.05, 3.63) is 74.1 Å². The normalized spacial score (nSPS) is 16.7. The number of rotatable bonds is 6. The van der Waals surface area contributed by atoms with Gasteiger partial charge in [-0.3, -0.25) is 4.79 Å². The molecule has 0 amide bonds. The lowest BCUT2D eigenvalue weighted by Crippen LogP contribution is -2.28. The van der Waals surface area contributed by atoms with Crippen molar-refractivity contribution in [3.8, 4) is 6.07 Å². The molecular weight excluding hydrogens is 446 g/mol. The van der Waals surface area contributed by atoms with Crippen LogP contribution < -0.4 is 15.7 Å². The first-order valence-corrected chi connectivity index (χ1v) is 12.8. The van der Waals surface area contributed by atoms with Gasteiger partial charge in [0.1, 0.15) is 17.5 Å². The minimum absolute atomic E-state index is 0.156. The smallest absolute Gasteiger partial charge is 0.276 e. The Balaban J connectivity index is 1.75. The molecule has 3 heterocycles. The molecule has 0 atom stereocenters. The SMILES string of the molecule is Cc1c(C#N)c(=O)n2c(CCCCCC(C)(C)C)nnc2/c1=C/C=C1\N(C)c2ccccc2C1(C)C. The zero-order valence-electron chi connectivity index (χ0n) is 22.6. The monoisotopic (exact) mass is 483 g/mol. The lowest BCUT2D eigenvalue weighted by molar-refractivity contribution is 0.358. The summed E-state index contributed by atoms with van der Waals surface area (Å²) in [5.41, 5.74) is 4.76. The third kappa shape index (κ3) is 4.55. The van der Waals surface area contributed by atoms with Crippen molar-refractivity contribution in [1.29, 1.82) is 5.26 Å². The third-order valence-electron chi connectivity index (χ3n) is 7.45. The van der Waals surface area contributed by atoms with E-state index < -0.39 is 0 Å². The lowest BCUT2D eigenvalue weighted by atomic mass is 9.84. The van der Waals surface area contributed by atoms with Crippen LogP contribution in [0.3, 0.4) is 0 Å². The van der Waals surface area contributed by atoms with Gasteiger partial charge in [0, 0.05) is 35.5 Å². The van der Waals surface area contributed by atoms with E-state index in [9.17, 15) is 10.1 Å². The minimum Gasteiger partial charge on any atom is -0.347 e. The largest absolute Gasteiger partial charge is 0.347 e. The predicted octanol–water partition coefficient (Wildman–Crippen LogP) is 5.23. The molecular formula is C30H37N5O. The minimum atomic E-state index is -0.324. The third-order valence-corrected chi connectivity index (χ3v) is 7.45. The fourth-order valence-electron chi connectivity index (χ4n) is 5.35. The molecule has 3 aromatic rings. The van der Waals surface area contributed by atoms with E-state index in [0.29, 0.717) is 28.9 Å². The number of allylic oxidation sites excluding steroid dienone is 2. The number of benzene rings is 1. The van der Waals surface area contributed by atoms with Crippen molar-refractivity contribution in [2.75, 3.05) is 11.9 Å². The van der Waals surface area contributed by atoms with Crippen LogP contribution in [-0.2, 0) is 11.8 Å². The van der Waals surface area contributed by atoms with Crippen LogP contribution in [0.4, 0.5) is 5.69 Å². The standard InChI is InChI=1S/C30H37N5O/c1-20-21(16-17-25-30(5,6)23-13-10-11-14-24(23)34(25)7)27-33-32-26(35(27)28(36)22(20)19-31)15-9-8-12-18-29(2,3)4/h10-11,13-14,16-17H,8-9,12,15,18H2,1-7H3/b21-16+,25-17-. The van der Waals surface area contributed by atoms with Gasteiger partial charge in [0.15, 0.2) is 5.65 Å². The Morgan fingerprint density at radius 1 is 1.08 bits per heavy atom. The number of likely N-dealkylation sites (N-methyl/N-ethyl adjacent to an activating group) is 1. The molecule has 0 radical (unpaired) electrons. The summed E-state index contributed by atoms with van der Waals surface area (Å²) in [4.78, 5) is 15.4. The quantitative estimate of drug-likeness (QED) is 0.449. The molecule has 0 unspecified atom stereocenters. The number of para-hydroxylation sites is 1. The molecule has 0 fully saturated rings. The second kappa shape index (κ2) is 9.54. The average molecular weight is 484 g/mol. The molecule has 4 rings (SSSR count). The first kappa shape index (κ1) is 25.6. The van der Waals surface area contributed by atoms with E-state index >= 15 is 0 Å². The topological polar surface area (TPSA) is 74.3 Å². The summed E-state index contributed by atoms with van der Waals surface area (Å²) in [6, 6.07) is 10.6. The maximum atomic E-state index is 13.2. The Hall–Kier alpha value is -3.46. The number of hydrogen-bond donors (Lipinski definition) is 0. The van der Waals surface area contributed by atoms with Crippen molar-refractivity contribution in [2.45, 2.75) is 79.1 Å². The average Bonchev–Trinajstić information content (AvgIpc) is 3.31. The first-order valence-electron chi connectivity index (χ1n) is 12.8. The van der Waals surface area contributed by atoms with E-state index in [2.05, 4.69) is 93.2 Å². The Morgan fingerprint density at radius 3 is 2.47 bits per heavy atom. The van der Waals surface area contributed by atoms with E-state index in [1.165, 1.54) is 17.7 Å². The number of nitrogens with zero attached hydrogens (tertiary/aromatic N) is 5. The van der Waals surface area contributed by atoms with Crippen LogP contribution in [0.15, 0.2) is 40.8 Å². The zero-order valence-corrected chi connectivity index (χ0v) is 22.6. The summed E-state index contributed by atoms with van der Waals surface area (Å²) in [6.07, 6.45) is 9.07. The highest BCUT2D eigenvalue weighted by Crippen LogP contribution is 2.46. The van der Waals surface area contributed by atoms with Gasteiger partial charge in [0.2, 0.25) is 0 Å². The number of nitriles is 1. The summed E-state index contributed by atoms with van der Waals surface area (Å²) >= 11 is 0. The van der Waals surface area contributed by atoms with Crippen LogP contribution in [0, 0.1) is 23.7 Å². The Labute approximate surface area is 214 Å². The van der Waals surface area contributed by atoms with Gasteiger partial charge in [-0.05, 0) is 54.5 Å². The maximum absolute atomic E-state index is 13.2. The van der Waals surface area contributed by atoms with Gasteiger partial charge in [-0.1, -0.05) is 65.7 Å². The Morgan fingerprint density at radius 2 is 1.81 bits per heavy atom. The predicted molar refractivity (Wildman–Crippen MR) is 146 cm³/mol. The van der Waals surface area contributed by atoms with Crippen LogP contribution in [0.25, 0.3) is 11.7 Å². The summed E-state index contributed by atoms with van der Waals surface area (Å²) in [6.45, 7) is 13.0. The highest BCUT2D eigenvalue weighted by atomic mass is 16.1. The maximum Gasteiger partial charge on any atom is 0.276 e. The number of hydrogen-bond acceptors (Lipinski definition) is 5. The highest BCUT2D eigenvalue weighted by Gasteiger charge is 2.37. The molecule has 2 aromatic heterocycles. The molecule has 1 aliphatic heterocycles. The Kier molecular flexibility index (Phi) is 6.79. The molecule has 36 heavy (non-hydrogen) atoms. The molecule has 0 bridgehead atoms. The molecule has 6 nitrogen and oxygen atoms in total. The lowest BCUT2D eigenvalue weighted by Gasteiger charge is -2.23. The van der Waals surface area contributed by atoms with Gasteiger partial charge in [-0.15, -0.1) is 10.2 Å². The number of unbranched alkanes of at least 4 members (excludes halogenated alkanes) is 2. The molecule has 1 aliphatic rings. The first-order chi connectivity index (χ1) is 17.0. The van der Waals surface area contributed by atoms with E-state index in [-0.39, 0.29) is 16.5 Å². The number of anilines is 1. The van der Waals surface area contributed by atoms with Crippen LogP contribution >= 0.6 is 0 Å². The van der Waals surface area contributed by atoms with Gasteiger partial charge in [0.25, 0.3) is 5.56 Å². The van der Waals surface area contributed by atoms with Crippen molar-refractivity contribution in [1.82, 2.24) is 14.6 Å². The fourth-order valence-corrected chi connectivity index (χ4v) is 5.35. The van der Waals surface area contributed by atoms with E-state index in [1.807, 2.05) is 13.0 Å². The van der Waals surface area contributed by atoms with E-state index in [0.717, 1.165) is 30.2 Å². The molecule has 1 aromatic carbocycles. The highest BCUT2D eigenvalue weighted by molar-refractivity contribution is 5.72. The molecule has 6 heteroatoms. The van der Waals surface area contributed by atoms with Crippen molar-refractivity contribution >= 4 is 17.4 Å². The van der Waals surface area contributed by atoms with Gasteiger partial charge >= 0.3 is 0 Å². The number of fused-ring (bicyclic) bond motifs is 2. The molecule has 0 aliphatic carbocycles. The number of aromatic nitrogens is 3. The summed E-state index contributed by atoms with van der Waals surface area (Å²) < 4.78 is 1.55. The van der Waals surface area contributed by atoms with Crippen molar-refractivity contribution in [2.24, 2.45) is 5.41 Å². The van der Waals surface area contributed by atoms with E-state index in [1.54, 1.807) is 4.40 Å². The summed E-state index contributed by atoms with van der Waals surface area (Å²) in [5.74, 6) is 0.635. The summed E-state index contributed by atoms with van der Waals surface area (Å²) in [5, 5.41) is 19.4. The van der Waals surface area contributed by atoms with E-state index in [4.69, 9.17) is 0 Å². The van der Waals surface area contributed by atoms with Crippen LogP contribution in [-0.4, -0.2) is 21.6 Å². The summed E-state index contributed by atoms with van der Waals surface area (Å²) in [7, 11) is 2.08. The fraction of sp³-hybridized carbons (Fsp3) is 0.467. The second-order valence-corrected chi connectivity index (χ2v) is 11.6. The number of aryl methyl sites for hydroxylation is 1. The van der Waals surface area contributed by atoms with Crippen LogP contribution in [0.2, 0.25) is 0 Å². The number of pyridine rings is 1. The van der Waals surface area contributed by atoms with Gasteiger partial charge in [-0.2, -0.15) is 5.26 Å². The zero-order chi connectivity index (χ0) is 26.3. The van der Waals surface area contributed by atoms with Crippen LogP contribution in [0.5, 0.6) is 0 Å². The molecule has 0 saturated carbocycles.